The zero-order valence-corrected chi connectivity index (χ0v) is 9.13. The van der Waals surface area contributed by atoms with Gasteiger partial charge in [0.25, 0.3) is 0 Å². The Morgan fingerprint density at radius 2 is 1.88 bits per heavy atom. The Balaban J connectivity index is 1.91. The van der Waals surface area contributed by atoms with Crippen LogP contribution in [0.4, 0.5) is 8.78 Å². The first-order valence-corrected chi connectivity index (χ1v) is 5.77. The Kier molecular flexibility index (Phi) is 3.54. The van der Waals surface area contributed by atoms with Gasteiger partial charge in [0, 0.05) is 12.0 Å². The minimum atomic E-state index is -0.632. The van der Waals surface area contributed by atoms with Crippen molar-refractivity contribution < 1.29 is 13.9 Å². The summed E-state index contributed by atoms with van der Waals surface area (Å²) in [5.41, 5.74) is 0.00537. The molecule has 0 radical (unpaired) electrons. The van der Waals surface area contributed by atoms with Gasteiger partial charge in [-0.25, -0.2) is 8.78 Å². The van der Waals surface area contributed by atoms with Gasteiger partial charge in [-0.1, -0.05) is 18.9 Å². The van der Waals surface area contributed by atoms with E-state index in [1.54, 1.807) is 0 Å². The molecule has 0 bridgehead atoms. The second-order valence-electron chi connectivity index (χ2n) is 4.58. The average Bonchev–Trinajstić information content (AvgIpc) is 3.04. The van der Waals surface area contributed by atoms with E-state index in [4.69, 9.17) is 0 Å². The Labute approximate surface area is 94.1 Å². The van der Waals surface area contributed by atoms with Crippen molar-refractivity contribution in [3.05, 3.63) is 35.4 Å². The number of aliphatic hydroxyl groups excluding tert-OH is 1. The van der Waals surface area contributed by atoms with Gasteiger partial charge in [0.1, 0.15) is 11.6 Å². The molecule has 0 amide bonds. The van der Waals surface area contributed by atoms with E-state index in [0.29, 0.717) is 6.42 Å². The summed E-state index contributed by atoms with van der Waals surface area (Å²) < 4.78 is 26.5. The van der Waals surface area contributed by atoms with E-state index < -0.39 is 17.7 Å². The van der Waals surface area contributed by atoms with Gasteiger partial charge in [-0.05, 0) is 30.9 Å². The van der Waals surface area contributed by atoms with Crippen LogP contribution in [0.2, 0.25) is 0 Å². The van der Waals surface area contributed by atoms with Crippen LogP contribution in [0.1, 0.15) is 31.2 Å². The highest BCUT2D eigenvalue weighted by molar-refractivity contribution is 5.20. The lowest BCUT2D eigenvalue weighted by Gasteiger charge is -2.11. The van der Waals surface area contributed by atoms with Crippen molar-refractivity contribution in [1.29, 1.82) is 0 Å². The number of rotatable bonds is 5. The second-order valence-corrected chi connectivity index (χ2v) is 4.58. The Bertz CT molecular complexity index is 341. The quantitative estimate of drug-likeness (QED) is 0.818. The molecule has 88 valence electrons. The zero-order valence-electron chi connectivity index (χ0n) is 9.13. The van der Waals surface area contributed by atoms with E-state index in [1.807, 2.05) is 0 Å². The van der Waals surface area contributed by atoms with Gasteiger partial charge in [-0.2, -0.15) is 0 Å². The first-order chi connectivity index (χ1) is 7.66. The number of hydrogen-bond donors (Lipinski definition) is 1. The highest BCUT2D eigenvalue weighted by Crippen LogP contribution is 2.34. The summed E-state index contributed by atoms with van der Waals surface area (Å²) in [6.45, 7) is 0. The highest BCUT2D eigenvalue weighted by atomic mass is 19.1. The molecule has 16 heavy (non-hydrogen) atoms. The molecular formula is C13H16F2O. The second kappa shape index (κ2) is 4.91. The highest BCUT2D eigenvalue weighted by Gasteiger charge is 2.22. The maximum Gasteiger partial charge on any atom is 0.129 e. The topological polar surface area (TPSA) is 20.2 Å². The number of aliphatic hydroxyl groups is 1. The van der Waals surface area contributed by atoms with E-state index in [2.05, 4.69) is 0 Å². The standard InChI is InChI=1S/C13H16F2O/c14-12-2-1-3-13(15)11(12)8-10(16)7-6-9-4-5-9/h1-3,9-10,16H,4-8H2. The van der Waals surface area contributed by atoms with E-state index in [0.717, 1.165) is 12.3 Å². The Morgan fingerprint density at radius 3 is 2.44 bits per heavy atom. The molecule has 0 heterocycles. The summed E-state index contributed by atoms with van der Waals surface area (Å²) in [6, 6.07) is 3.79. The maximum absolute atomic E-state index is 13.3. The van der Waals surface area contributed by atoms with Crippen LogP contribution >= 0.6 is 0 Å². The largest absolute Gasteiger partial charge is 0.393 e. The average molecular weight is 226 g/mol. The van der Waals surface area contributed by atoms with E-state index in [1.165, 1.54) is 31.0 Å². The molecule has 1 aliphatic rings. The van der Waals surface area contributed by atoms with Crippen molar-refractivity contribution in [3.63, 3.8) is 0 Å². The lowest BCUT2D eigenvalue weighted by molar-refractivity contribution is 0.157. The first kappa shape index (κ1) is 11.5. The molecule has 0 spiro atoms. The molecule has 0 saturated heterocycles. The van der Waals surface area contributed by atoms with Crippen molar-refractivity contribution in [2.45, 2.75) is 38.2 Å². The molecule has 3 heteroatoms. The summed E-state index contributed by atoms with van der Waals surface area (Å²) in [6.07, 6.45) is 3.52. The van der Waals surface area contributed by atoms with Crippen LogP contribution < -0.4 is 0 Å². The molecule has 1 aliphatic carbocycles. The number of halogens is 2. The third-order valence-electron chi connectivity index (χ3n) is 3.11. The van der Waals surface area contributed by atoms with Crippen LogP contribution in [0.3, 0.4) is 0 Å². The number of benzene rings is 1. The molecule has 2 rings (SSSR count). The minimum Gasteiger partial charge on any atom is -0.393 e. The molecule has 0 aliphatic heterocycles. The predicted molar refractivity (Wildman–Crippen MR) is 58.0 cm³/mol. The third-order valence-corrected chi connectivity index (χ3v) is 3.11. The maximum atomic E-state index is 13.3. The van der Waals surface area contributed by atoms with Gasteiger partial charge in [0.2, 0.25) is 0 Å². The van der Waals surface area contributed by atoms with Crippen LogP contribution in [-0.4, -0.2) is 11.2 Å². The SMILES string of the molecule is OC(CCC1CC1)Cc1c(F)cccc1F. The molecule has 1 fully saturated rings. The fourth-order valence-electron chi connectivity index (χ4n) is 1.90. The van der Waals surface area contributed by atoms with Gasteiger partial charge in [-0.15, -0.1) is 0 Å². The lowest BCUT2D eigenvalue weighted by Crippen LogP contribution is -2.13. The fraction of sp³-hybridized carbons (Fsp3) is 0.538. The van der Waals surface area contributed by atoms with Crippen molar-refractivity contribution in [3.8, 4) is 0 Å². The summed E-state index contributed by atoms with van der Waals surface area (Å²) in [5.74, 6) is -0.393. The summed E-state index contributed by atoms with van der Waals surface area (Å²) in [5, 5.41) is 9.69. The van der Waals surface area contributed by atoms with Crippen molar-refractivity contribution >= 4 is 0 Å². The molecule has 1 unspecified atom stereocenters. The molecule has 1 aromatic carbocycles. The van der Waals surface area contributed by atoms with Gasteiger partial charge < -0.3 is 5.11 Å². The van der Waals surface area contributed by atoms with Crippen LogP contribution in [0, 0.1) is 17.6 Å². The van der Waals surface area contributed by atoms with Gasteiger partial charge >= 0.3 is 0 Å². The Hall–Kier alpha value is -0.960. The van der Waals surface area contributed by atoms with Crippen molar-refractivity contribution in [2.24, 2.45) is 5.92 Å². The molecule has 1 nitrogen and oxygen atoms in total. The molecule has 1 atom stereocenters. The summed E-state index contributed by atoms with van der Waals surface area (Å²) >= 11 is 0. The van der Waals surface area contributed by atoms with Gasteiger partial charge in [0.15, 0.2) is 0 Å². The van der Waals surface area contributed by atoms with Crippen LogP contribution in [0.5, 0.6) is 0 Å². The zero-order chi connectivity index (χ0) is 11.5. The fourth-order valence-corrected chi connectivity index (χ4v) is 1.90. The smallest absolute Gasteiger partial charge is 0.129 e. The number of hydrogen-bond acceptors (Lipinski definition) is 1. The third kappa shape index (κ3) is 3.01. The molecule has 1 aromatic rings. The van der Waals surface area contributed by atoms with E-state index >= 15 is 0 Å². The lowest BCUT2D eigenvalue weighted by atomic mass is 10.0. The van der Waals surface area contributed by atoms with Gasteiger partial charge in [-0.3, -0.25) is 0 Å². The Morgan fingerprint density at radius 1 is 1.25 bits per heavy atom. The molecule has 1 saturated carbocycles. The summed E-state index contributed by atoms with van der Waals surface area (Å²) in [4.78, 5) is 0. The van der Waals surface area contributed by atoms with Gasteiger partial charge in [0.05, 0.1) is 6.10 Å². The first-order valence-electron chi connectivity index (χ1n) is 5.77. The monoisotopic (exact) mass is 226 g/mol. The van der Waals surface area contributed by atoms with Crippen LogP contribution in [0.15, 0.2) is 18.2 Å². The predicted octanol–water partition coefficient (Wildman–Crippen LogP) is 3.06. The molecule has 1 N–H and O–H groups in total. The normalized spacial score (nSPS) is 17.4. The van der Waals surface area contributed by atoms with E-state index in [9.17, 15) is 13.9 Å². The van der Waals surface area contributed by atoms with Crippen molar-refractivity contribution in [2.75, 3.05) is 0 Å². The summed E-state index contributed by atoms with van der Waals surface area (Å²) in [7, 11) is 0. The van der Waals surface area contributed by atoms with Crippen molar-refractivity contribution in [1.82, 2.24) is 0 Å². The minimum absolute atomic E-state index is 0.00537. The van der Waals surface area contributed by atoms with E-state index in [-0.39, 0.29) is 12.0 Å². The molecular weight excluding hydrogens is 210 g/mol. The van der Waals surface area contributed by atoms with Crippen LogP contribution in [0.25, 0.3) is 0 Å². The van der Waals surface area contributed by atoms with Crippen LogP contribution in [-0.2, 0) is 6.42 Å². The molecule has 0 aromatic heterocycles.